The van der Waals surface area contributed by atoms with E-state index in [2.05, 4.69) is 10.3 Å². The summed E-state index contributed by atoms with van der Waals surface area (Å²) in [6, 6.07) is 5.70. The summed E-state index contributed by atoms with van der Waals surface area (Å²) in [5.41, 5.74) is 7.00. The zero-order valence-corrected chi connectivity index (χ0v) is 15.7. The number of rotatable bonds is 3. The molecule has 7 nitrogen and oxygen atoms in total. The Morgan fingerprint density at radius 2 is 1.88 bits per heavy atom. The van der Waals surface area contributed by atoms with Crippen molar-refractivity contribution in [3.63, 3.8) is 0 Å². The van der Waals surface area contributed by atoms with Crippen molar-refractivity contribution < 1.29 is 19.0 Å². The van der Waals surface area contributed by atoms with Crippen molar-refractivity contribution in [1.82, 2.24) is 4.98 Å². The van der Waals surface area contributed by atoms with E-state index in [0.29, 0.717) is 50.2 Å². The number of carbonyl (C=O) groups excluding carboxylic acids is 1. The Morgan fingerprint density at radius 3 is 2.65 bits per heavy atom. The van der Waals surface area contributed by atoms with Crippen LogP contribution in [-0.2, 0) is 9.53 Å². The zero-order valence-electron chi connectivity index (χ0n) is 14.0. The van der Waals surface area contributed by atoms with Crippen LogP contribution in [-0.4, -0.2) is 42.9 Å². The molecule has 1 fully saturated rings. The molecule has 3 N–H and O–H groups in total. The molecule has 26 heavy (non-hydrogen) atoms. The van der Waals surface area contributed by atoms with E-state index < -0.39 is 5.54 Å². The minimum Gasteiger partial charge on any atom is -0.486 e. The van der Waals surface area contributed by atoms with Crippen LogP contribution in [0.3, 0.4) is 0 Å². The first-order chi connectivity index (χ1) is 12.1. The first kappa shape index (κ1) is 18.9. The number of carbonyl (C=O) groups is 1. The Morgan fingerprint density at radius 1 is 1.15 bits per heavy atom. The molecule has 3 heterocycles. The van der Waals surface area contributed by atoms with E-state index in [9.17, 15) is 4.79 Å². The number of hydrogen-bond acceptors (Lipinski definition) is 7. The number of anilines is 1. The standard InChI is InChI=1S/C17H19N3O4S.ClH/c18-17(3-5-22-6-4-17)15(21)20-16-19-12(10-25-16)11-1-2-13-14(9-11)24-8-7-23-13;/h1-2,9-10H,3-8,18H2,(H,19,20,21);1H. The van der Waals surface area contributed by atoms with Crippen LogP contribution in [0.15, 0.2) is 23.6 Å². The van der Waals surface area contributed by atoms with Gasteiger partial charge in [-0.25, -0.2) is 4.98 Å². The quantitative estimate of drug-likeness (QED) is 0.825. The lowest BCUT2D eigenvalue weighted by Gasteiger charge is -2.31. The summed E-state index contributed by atoms with van der Waals surface area (Å²) in [5, 5.41) is 5.27. The van der Waals surface area contributed by atoms with Gasteiger partial charge in [0, 0.05) is 24.2 Å². The van der Waals surface area contributed by atoms with Crippen molar-refractivity contribution >= 4 is 34.8 Å². The van der Waals surface area contributed by atoms with E-state index in [1.54, 1.807) is 0 Å². The van der Waals surface area contributed by atoms with Crippen molar-refractivity contribution in [2.24, 2.45) is 5.73 Å². The van der Waals surface area contributed by atoms with E-state index in [4.69, 9.17) is 19.9 Å². The molecule has 0 atom stereocenters. The van der Waals surface area contributed by atoms with Crippen LogP contribution in [0, 0.1) is 0 Å². The van der Waals surface area contributed by atoms with E-state index in [-0.39, 0.29) is 18.3 Å². The lowest BCUT2D eigenvalue weighted by atomic mass is 9.90. The highest BCUT2D eigenvalue weighted by Gasteiger charge is 2.36. The van der Waals surface area contributed by atoms with Gasteiger partial charge in [0.1, 0.15) is 18.8 Å². The summed E-state index contributed by atoms with van der Waals surface area (Å²) < 4.78 is 16.4. The molecule has 0 bridgehead atoms. The molecule has 4 rings (SSSR count). The lowest BCUT2D eigenvalue weighted by Crippen LogP contribution is -2.54. The van der Waals surface area contributed by atoms with Gasteiger partial charge in [-0.2, -0.15) is 0 Å². The highest BCUT2D eigenvalue weighted by molar-refractivity contribution is 7.14. The Labute approximate surface area is 161 Å². The number of benzene rings is 1. The van der Waals surface area contributed by atoms with Crippen molar-refractivity contribution in [2.45, 2.75) is 18.4 Å². The number of halogens is 1. The van der Waals surface area contributed by atoms with Crippen LogP contribution in [0.25, 0.3) is 11.3 Å². The molecule has 2 aromatic rings. The maximum Gasteiger partial charge on any atom is 0.246 e. The van der Waals surface area contributed by atoms with E-state index in [1.807, 2.05) is 23.6 Å². The second-order valence-electron chi connectivity index (χ2n) is 6.12. The number of thiazole rings is 1. The normalized spacial score (nSPS) is 17.9. The van der Waals surface area contributed by atoms with Gasteiger partial charge < -0.3 is 25.3 Å². The molecule has 0 unspecified atom stereocenters. The molecule has 1 saturated heterocycles. The minimum absolute atomic E-state index is 0. The minimum atomic E-state index is -0.888. The number of ether oxygens (including phenoxy) is 3. The highest BCUT2D eigenvalue weighted by atomic mass is 35.5. The molecule has 0 saturated carbocycles. The topological polar surface area (TPSA) is 95.7 Å². The van der Waals surface area contributed by atoms with Gasteiger partial charge in [0.2, 0.25) is 5.91 Å². The first-order valence-electron chi connectivity index (χ1n) is 8.18. The fraction of sp³-hybridized carbons (Fsp3) is 0.412. The van der Waals surface area contributed by atoms with Crippen LogP contribution in [0.4, 0.5) is 5.13 Å². The molecule has 2 aliphatic rings. The average molecular weight is 398 g/mol. The molecule has 9 heteroatoms. The number of nitrogens with zero attached hydrogens (tertiary/aromatic N) is 1. The molecular weight excluding hydrogens is 378 g/mol. The molecule has 1 aromatic carbocycles. The summed E-state index contributed by atoms with van der Waals surface area (Å²) in [6.07, 6.45) is 1.03. The summed E-state index contributed by atoms with van der Waals surface area (Å²) >= 11 is 1.37. The van der Waals surface area contributed by atoms with Crippen LogP contribution in [0.1, 0.15) is 12.8 Å². The molecular formula is C17H20ClN3O4S. The molecule has 2 aliphatic heterocycles. The molecule has 140 valence electrons. The molecule has 1 aromatic heterocycles. The van der Waals surface area contributed by atoms with Gasteiger partial charge in [-0.05, 0) is 31.0 Å². The van der Waals surface area contributed by atoms with Gasteiger partial charge in [-0.15, -0.1) is 23.7 Å². The lowest BCUT2D eigenvalue weighted by molar-refractivity contribution is -0.124. The van der Waals surface area contributed by atoms with Crippen LogP contribution >= 0.6 is 23.7 Å². The van der Waals surface area contributed by atoms with E-state index in [1.165, 1.54) is 11.3 Å². The first-order valence-corrected chi connectivity index (χ1v) is 9.06. The average Bonchev–Trinajstić information content (AvgIpc) is 3.10. The molecule has 0 radical (unpaired) electrons. The summed E-state index contributed by atoms with van der Waals surface area (Å²) in [5.74, 6) is 1.24. The predicted octanol–water partition coefficient (Wildman–Crippen LogP) is 2.45. The van der Waals surface area contributed by atoms with Gasteiger partial charge >= 0.3 is 0 Å². The maximum absolute atomic E-state index is 12.5. The molecule has 0 aliphatic carbocycles. The van der Waals surface area contributed by atoms with Gasteiger partial charge in [0.05, 0.1) is 5.69 Å². The van der Waals surface area contributed by atoms with Gasteiger partial charge in [-0.3, -0.25) is 4.79 Å². The maximum atomic E-state index is 12.5. The fourth-order valence-corrected chi connectivity index (χ4v) is 3.57. The third kappa shape index (κ3) is 3.78. The Balaban J connectivity index is 0.00000196. The predicted molar refractivity (Wildman–Crippen MR) is 101 cm³/mol. The zero-order chi connectivity index (χ0) is 17.3. The van der Waals surface area contributed by atoms with Crippen molar-refractivity contribution in [2.75, 3.05) is 31.7 Å². The number of nitrogens with two attached hydrogens (primary N) is 1. The van der Waals surface area contributed by atoms with Crippen LogP contribution in [0.2, 0.25) is 0 Å². The Bertz CT molecular complexity index is 792. The largest absolute Gasteiger partial charge is 0.486 e. The molecule has 1 amide bonds. The number of fused-ring (bicyclic) bond motifs is 1. The third-order valence-corrected chi connectivity index (χ3v) is 5.16. The van der Waals surface area contributed by atoms with Crippen LogP contribution < -0.4 is 20.5 Å². The number of amides is 1. The number of hydrogen-bond donors (Lipinski definition) is 2. The Kier molecular flexibility index (Phi) is 5.67. The van der Waals surface area contributed by atoms with E-state index >= 15 is 0 Å². The second-order valence-corrected chi connectivity index (χ2v) is 6.98. The van der Waals surface area contributed by atoms with Gasteiger partial charge in [0.15, 0.2) is 16.6 Å². The summed E-state index contributed by atoms with van der Waals surface area (Å²) in [7, 11) is 0. The SMILES string of the molecule is Cl.NC1(C(=O)Nc2nc(-c3ccc4c(c3)OCCO4)cs2)CCOCC1. The Hall–Kier alpha value is -1.87. The van der Waals surface area contributed by atoms with Gasteiger partial charge in [0.25, 0.3) is 0 Å². The number of aromatic nitrogens is 1. The number of nitrogens with one attached hydrogen (secondary N) is 1. The van der Waals surface area contributed by atoms with Crippen molar-refractivity contribution in [3.8, 4) is 22.8 Å². The highest BCUT2D eigenvalue weighted by Crippen LogP contribution is 2.35. The van der Waals surface area contributed by atoms with Gasteiger partial charge in [-0.1, -0.05) is 0 Å². The fourth-order valence-electron chi connectivity index (χ4n) is 2.85. The third-order valence-electron chi connectivity index (χ3n) is 4.40. The summed E-state index contributed by atoms with van der Waals surface area (Å²) in [6.45, 7) is 2.11. The summed E-state index contributed by atoms with van der Waals surface area (Å²) in [4.78, 5) is 17.0. The van der Waals surface area contributed by atoms with Crippen molar-refractivity contribution in [3.05, 3.63) is 23.6 Å². The van der Waals surface area contributed by atoms with Crippen LogP contribution in [0.5, 0.6) is 11.5 Å². The second kappa shape index (κ2) is 7.79. The molecule has 0 spiro atoms. The monoisotopic (exact) mass is 397 g/mol. The van der Waals surface area contributed by atoms with Crippen molar-refractivity contribution in [1.29, 1.82) is 0 Å². The smallest absolute Gasteiger partial charge is 0.246 e. The van der Waals surface area contributed by atoms with E-state index in [0.717, 1.165) is 17.0 Å².